The maximum Gasteiger partial charge on any atom is 0.408 e. The van der Waals surface area contributed by atoms with E-state index in [0.717, 1.165) is 0 Å². The van der Waals surface area contributed by atoms with Gasteiger partial charge < -0.3 is 5.26 Å². The molecule has 0 aliphatic rings. The molecule has 0 aliphatic carbocycles. The van der Waals surface area contributed by atoms with E-state index in [1.54, 1.807) is 48.7 Å². The first-order valence-electron chi connectivity index (χ1n) is 4.65. The van der Waals surface area contributed by atoms with E-state index in [-0.39, 0.29) is 5.78 Å². The van der Waals surface area contributed by atoms with Gasteiger partial charge in [0.2, 0.25) is 0 Å². The normalized spacial score (nSPS) is 11.4. The number of aromatic nitrogens is 1. The van der Waals surface area contributed by atoms with Crippen LogP contribution in [0.1, 0.15) is 15.8 Å². The van der Waals surface area contributed by atoms with Crippen molar-refractivity contribution in [2.75, 3.05) is 0 Å². The number of benzene rings is 1. The first kappa shape index (κ1) is 10.6. The van der Waals surface area contributed by atoms with E-state index in [9.17, 15) is 5.26 Å². The molecule has 2 rings (SSSR count). The molecule has 0 aliphatic heterocycles. The lowest BCUT2D eigenvalue weighted by molar-refractivity contribution is -0.937. The van der Waals surface area contributed by atoms with Crippen molar-refractivity contribution < 1.29 is 9.83 Å². The highest BCUT2D eigenvalue weighted by atomic mass is 35.5. The largest absolute Gasteiger partial charge is 0.462 e. The molecular weight excluding hydrogens is 226 g/mol. The summed E-state index contributed by atoms with van der Waals surface area (Å²) in [6, 6.07) is 12.1. The Morgan fingerprint density at radius 1 is 1.12 bits per heavy atom. The minimum Gasteiger partial charge on any atom is -0.462 e. The van der Waals surface area contributed by atoms with Crippen LogP contribution < -0.4 is 5.26 Å². The van der Waals surface area contributed by atoms with E-state index in [4.69, 9.17) is 11.6 Å². The lowest BCUT2D eigenvalue weighted by Crippen LogP contribution is -2.10. The van der Waals surface area contributed by atoms with E-state index in [1.165, 1.54) is 0 Å². The van der Waals surface area contributed by atoms with Crippen LogP contribution in [0, 0.1) is 0 Å². The highest BCUT2D eigenvalue weighted by molar-refractivity contribution is 6.30. The van der Waals surface area contributed by atoms with Crippen molar-refractivity contribution in [3.05, 3.63) is 64.9 Å². The van der Waals surface area contributed by atoms with Gasteiger partial charge in [0, 0.05) is 11.2 Å². The number of nitrogens with zero attached hydrogens (tertiary/aromatic N) is 1. The molecule has 0 atom stereocenters. The van der Waals surface area contributed by atoms with Gasteiger partial charge in [0.25, 0.3) is 0 Å². The van der Waals surface area contributed by atoms with Crippen LogP contribution >= 0.6 is 11.6 Å². The van der Waals surface area contributed by atoms with Gasteiger partial charge in [-0.15, -0.1) is 0 Å². The van der Waals surface area contributed by atoms with E-state index in [0.29, 0.717) is 16.3 Å². The Bertz CT molecular complexity index is 494. The molecule has 0 saturated heterocycles. The van der Waals surface area contributed by atoms with Crippen LogP contribution in [-0.4, -0.2) is 10.8 Å². The van der Waals surface area contributed by atoms with Crippen molar-refractivity contribution in [3.8, 4) is 0 Å². The standard InChI is InChI=1S/C12H8ClNO2/c13-10-6-4-9(5-7-10)12(16-15)11-3-1-2-8-14-11/h1-8H. The Kier molecular flexibility index (Phi) is 3.17. The van der Waals surface area contributed by atoms with Crippen molar-refractivity contribution in [2.24, 2.45) is 0 Å². The van der Waals surface area contributed by atoms with Gasteiger partial charge in [-0.25, -0.2) is 4.98 Å². The van der Waals surface area contributed by atoms with E-state index >= 15 is 0 Å². The maximum atomic E-state index is 10.7. The summed E-state index contributed by atoms with van der Waals surface area (Å²) < 4.78 is 4.12. The van der Waals surface area contributed by atoms with Gasteiger partial charge in [0.05, 0.1) is 5.56 Å². The Morgan fingerprint density at radius 3 is 2.44 bits per heavy atom. The second-order valence-corrected chi connectivity index (χ2v) is 3.57. The molecule has 1 aromatic carbocycles. The molecule has 0 unspecified atom stereocenters. The fraction of sp³-hybridized carbons (Fsp3) is 0. The minimum absolute atomic E-state index is 0.192. The second kappa shape index (κ2) is 4.77. The molecule has 0 N–H and O–H groups in total. The summed E-state index contributed by atoms with van der Waals surface area (Å²) >= 11 is 5.76. The summed E-state index contributed by atoms with van der Waals surface area (Å²) in [6.45, 7) is 0. The van der Waals surface area contributed by atoms with Crippen molar-refractivity contribution in [3.63, 3.8) is 0 Å². The predicted molar refractivity (Wildman–Crippen MR) is 59.1 cm³/mol. The van der Waals surface area contributed by atoms with Crippen molar-refractivity contribution >= 4 is 17.4 Å². The molecule has 0 bridgehead atoms. The molecule has 0 spiro atoms. The molecule has 0 radical (unpaired) electrons. The molecule has 80 valence electrons. The first-order chi connectivity index (χ1) is 7.81. The Hall–Kier alpha value is -1.87. The van der Waals surface area contributed by atoms with Gasteiger partial charge >= 0.3 is 5.78 Å². The van der Waals surface area contributed by atoms with E-state index in [2.05, 4.69) is 9.56 Å². The fourth-order valence-electron chi connectivity index (χ4n) is 1.34. The lowest BCUT2D eigenvalue weighted by Gasteiger charge is -1.96. The van der Waals surface area contributed by atoms with Crippen LogP contribution in [-0.2, 0) is 0 Å². The molecule has 2 aromatic rings. The minimum atomic E-state index is 0.192. The summed E-state index contributed by atoms with van der Waals surface area (Å²) in [5, 5.41) is 11.3. The number of halogens is 1. The summed E-state index contributed by atoms with van der Waals surface area (Å²) in [7, 11) is 0. The third-order valence-corrected chi connectivity index (χ3v) is 2.34. The van der Waals surface area contributed by atoms with E-state index < -0.39 is 0 Å². The zero-order valence-electron chi connectivity index (χ0n) is 8.26. The van der Waals surface area contributed by atoms with Gasteiger partial charge in [-0.1, -0.05) is 17.7 Å². The number of pyridine rings is 1. The third kappa shape index (κ3) is 2.20. The van der Waals surface area contributed by atoms with Crippen molar-refractivity contribution in [1.29, 1.82) is 0 Å². The SMILES string of the molecule is [O-][O+]=C(c1ccc(Cl)cc1)c1ccccn1. The van der Waals surface area contributed by atoms with Crippen LogP contribution in [0.3, 0.4) is 0 Å². The number of hydrogen-bond donors (Lipinski definition) is 0. The Balaban J connectivity index is 2.42. The Morgan fingerprint density at radius 2 is 1.88 bits per heavy atom. The molecule has 1 aromatic heterocycles. The summed E-state index contributed by atoms with van der Waals surface area (Å²) in [5.74, 6) is 0.192. The zero-order valence-corrected chi connectivity index (χ0v) is 9.02. The van der Waals surface area contributed by atoms with Crippen LogP contribution in [0.25, 0.3) is 0 Å². The molecule has 3 nitrogen and oxygen atoms in total. The lowest BCUT2D eigenvalue weighted by atomic mass is 10.1. The van der Waals surface area contributed by atoms with E-state index in [1.807, 2.05) is 0 Å². The molecular formula is C12H8ClNO2. The average molecular weight is 234 g/mol. The highest BCUT2D eigenvalue weighted by Gasteiger charge is 2.19. The van der Waals surface area contributed by atoms with Gasteiger partial charge in [0.1, 0.15) is 0 Å². The van der Waals surface area contributed by atoms with Crippen LogP contribution in [0.2, 0.25) is 5.02 Å². The van der Waals surface area contributed by atoms with Crippen molar-refractivity contribution in [1.82, 2.24) is 4.98 Å². The number of hydrogen-bond acceptors (Lipinski definition) is 2. The number of ketones is 1. The Labute approximate surface area is 97.6 Å². The van der Waals surface area contributed by atoms with Gasteiger partial charge in [-0.3, -0.25) is 0 Å². The van der Waals surface area contributed by atoms with Crippen molar-refractivity contribution in [2.45, 2.75) is 0 Å². The zero-order chi connectivity index (χ0) is 11.4. The maximum absolute atomic E-state index is 10.7. The summed E-state index contributed by atoms with van der Waals surface area (Å²) in [6.07, 6.45) is 1.60. The highest BCUT2D eigenvalue weighted by Crippen LogP contribution is 2.12. The molecule has 0 saturated carbocycles. The van der Waals surface area contributed by atoms with Gasteiger partial charge in [-0.2, -0.15) is 4.58 Å². The fourth-order valence-corrected chi connectivity index (χ4v) is 1.46. The number of carbonyl (C=O) groups excluding carboxylic acids is 1. The van der Waals surface area contributed by atoms with Gasteiger partial charge in [0.15, 0.2) is 5.69 Å². The van der Waals surface area contributed by atoms with Crippen LogP contribution in [0.5, 0.6) is 0 Å². The molecule has 0 amide bonds. The second-order valence-electron chi connectivity index (χ2n) is 3.13. The quantitative estimate of drug-likeness (QED) is 0.344. The van der Waals surface area contributed by atoms with Gasteiger partial charge in [-0.05, 0) is 36.4 Å². The first-order valence-corrected chi connectivity index (χ1v) is 5.03. The third-order valence-electron chi connectivity index (χ3n) is 2.09. The summed E-state index contributed by atoms with van der Waals surface area (Å²) in [4.78, 5) is 4.05. The number of rotatable bonds is 2. The molecule has 4 heteroatoms. The smallest absolute Gasteiger partial charge is 0.408 e. The molecule has 16 heavy (non-hydrogen) atoms. The molecule has 1 heterocycles. The molecule has 0 fully saturated rings. The average Bonchev–Trinajstić information content (AvgIpc) is 2.34. The monoisotopic (exact) mass is 233 g/mol. The summed E-state index contributed by atoms with van der Waals surface area (Å²) in [5.41, 5.74) is 1.15. The van der Waals surface area contributed by atoms with Crippen LogP contribution in [0.15, 0.2) is 48.7 Å². The topological polar surface area (TPSA) is 47.2 Å². The predicted octanol–water partition coefficient (Wildman–Crippen LogP) is 1.78. The van der Waals surface area contributed by atoms with Crippen LogP contribution in [0.4, 0.5) is 0 Å².